The van der Waals surface area contributed by atoms with Gasteiger partial charge in [0.2, 0.25) is 11.8 Å². The van der Waals surface area contributed by atoms with E-state index in [-0.39, 0.29) is 0 Å². The molecule has 0 aromatic carbocycles. The molecule has 0 spiro atoms. The fourth-order valence-electron chi connectivity index (χ4n) is 2.13. The second kappa shape index (κ2) is 7.61. The van der Waals surface area contributed by atoms with Crippen LogP contribution in [0.1, 0.15) is 0 Å². The topological polar surface area (TPSA) is 58.4 Å². The van der Waals surface area contributed by atoms with Crippen molar-refractivity contribution in [1.29, 1.82) is 0 Å². The van der Waals surface area contributed by atoms with Crippen LogP contribution in [0.2, 0.25) is 25.7 Å². The van der Waals surface area contributed by atoms with Crippen LogP contribution in [0.4, 0.5) is 0 Å². The lowest BCUT2D eigenvalue weighted by Crippen LogP contribution is -2.21. The van der Waals surface area contributed by atoms with Crippen molar-refractivity contribution in [2.45, 2.75) is 32.4 Å². The molecule has 0 aliphatic heterocycles. The van der Waals surface area contributed by atoms with Crippen molar-refractivity contribution in [3.63, 3.8) is 0 Å². The summed E-state index contributed by atoms with van der Waals surface area (Å²) in [7, 11) is 2.12. The average molecular weight is 335 g/mol. The Morgan fingerprint density at radius 3 is 2.30 bits per heavy atom. The molecule has 0 saturated carbocycles. The maximum absolute atomic E-state index is 5.76. The van der Waals surface area contributed by atoms with Crippen LogP contribution in [0.3, 0.4) is 0 Å². The van der Waals surface area contributed by atoms with Crippen molar-refractivity contribution >= 4 is 8.07 Å². The summed E-state index contributed by atoms with van der Waals surface area (Å²) in [5, 5.41) is 0. The van der Waals surface area contributed by atoms with E-state index in [0.29, 0.717) is 18.5 Å². The molecule has 0 bridgehead atoms. The molecule has 0 radical (unpaired) electrons. The quantitative estimate of drug-likeness (QED) is 0.547. The third-order valence-corrected chi connectivity index (χ3v) is 5.14. The predicted molar refractivity (Wildman–Crippen MR) is 92.7 cm³/mol. The summed E-state index contributed by atoms with van der Waals surface area (Å²) < 4.78 is 18.4. The molecule has 0 aliphatic rings. The molecule has 2 rings (SSSR count). The molecular formula is C16H25N3O3Si. The number of hydrogen-bond acceptors (Lipinski definition) is 5. The van der Waals surface area contributed by atoms with Gasteiger partial charge in [0.1, 0.15) is 18.6 Å². The van der Waals surface area contributed by atoms with Crippen molar-refractivity contribution in [2.75, 3.05) is 20.8 Å². The van der Waals surface area contributed by atoms with Crippen LogP contribution in [-0.2, 0) is 11.5 Å². The molecule has 0 amide bonds. The van der Waals surface area contributed by atoms with Gasteiger partial charge in [0.15, 0.2) is 0 Å². The fourth-order valence-corrected chi connectivity index (χ4v) is 2.88. The van der Waals surface area contributed by atoms with Gasteiger partial charge in [0, 0.05) is 32.6 Å². The SMILES string of the molecule is COc1ncnc(OC)c1-c1ccn(COCC[Si](C)(C)C)c1. The van der Waals surface area contributed by atoms with Gasteiger partial charge in [0.05, 0.1) is 14.2 Å². The predicted octanol–water partition coefficient (Wildman–Crippen LogP) is 3.27. The largest absolute Gasteiger partial charge is 0.480 e. The van der Waals surface area contributed by atoms with Crippen LogP contribution >= 0.6 is 0 Å². The lowest BCUT2D eigenvalue weighted by molar-refractivity contribution is 0.0875. The zero-order chi connectivity index (χ0) is 16.9. The lowest BCUT2D eigenvalue weighted by Gasteiger charge is -2.15. The average Bonchev–Trinajstić information content (AvgIpc) is 2.98. The van der Waals surface area contributed by atoms with Gasteiger partial charge in [-0.3, -0.25) is 0 Å². The molecule has 0 saturated heterocycles. The molecule has 7 heteroatoms. The smallest absolute Gasteiger partial charge is 0.228 e. The second-order valence-electron chi connectivity index (χ2n) is 6.53. The molecule has 0 N–H and O–H groups in total. The van der Waals surface area contributed by atoms with Gasteiger partial charge in [-0.05, 0) is 12.1 Å². The lowest BCUT2D eigenvalue weighted by atomic mass is 10.1. The second-order valence-corrected chi connectivity index (χ2v) is 12.2. The maximum atomic E-state index is 5.76. The number of hydrogen-bond donors (Lipinski definition) is 0. The van der Waals surface area contributed by atoms with Crippen molar-refractivity contribution < 1.29 is 14.2 Å². The molecule has 2 heterocycles. The van der Waals surface area contributed by atoms with Gasteiger partial charge >= 0.3 is 0 Å². The van der Waals surface area contributed by atoms with Crippen LogP contribution < -0.4 is 9.47 Å². The van der Waals surface area contributed by atoms with Gasteiger partial charge in [-0.15, -0.1) is 0 Å². The van der Waals surface area contributed by atoms with E-state index in [1.54, 1.807) is 14.2 Å². The Kier molecular flexibility index (Phi) is 5.78. The Morgan fingerprint density at radius 2 is 1.74 bits per heavy atom. The Labute approximate surface area is 138 Å². The number of ether oxygens (including phenoxy) is 3. The first-order valence-corrected chi connectivity index (χ1v) is 11.3. The van der Waals surface area contributed by atoms with Crippen LogP contribution in [0.15, 0.2) is 24.8 Å². The number of nitrogens with zero attached hydrogens (tertiary/aromatic N) is 3. The summed E-state index contributed by atoms with van der Waals surface area (Å²) in [6.07, 6.45) is 5.38. The van der Waals surface area contributed by atoms with E-state index in [4.69, 9.17) is 14.2 Å². The summed E-state index contributed by atoms with van der Waals surface area (Å²) in [5.74, 6) is 0.989. The Bertz CT molecular complexity index is 615. The van der Waals surface area contributed by atoms with Gasteiger partial charge < -0.3 is 18.8 Å². The number of aromatic nitrogens is 3. The summed E-state index contributed by atoms with van der Waals surface area (Å²) >= 11 is 0. The first-order chi connectivity index (χ1) is 10.9. The standard InChI is InChI=1S/C16H25N3O3Si/c1-20-15-14(16(21-2)18-11-17-15)13-6-7-19(10-13)12-22-8-9-23(3,4)5/h6-7,10-11H,8-9,12H2,1-5H3. The van der Waals surface area contributed by atoms with E-state index in [1.165, 1.54) is 6.33 Å². The van der Waals surface area contributed by atoms with E-state index in [2.05, 4.69) is 29.6 Å². The first kappa shape index (κ1) is 17.5. The Morgan fingerprint density at radius 1 is 1.09 bits per heavy atom. The van der Waals surface area contributed by atoms with Crippen LogP contribution in [-0.4, -0.2) is 43.4 Å². The van der Waals surface area contributed by atoms with Gasteiger partial charge in [-0.25, -0.2) is 9.97 Å². The molecule has 6 nitrogen and oxygen atoms in total. The molecule has 23 heavy (non-hydrogen) atoms. The van der Waals surface area contributed by atoms with Gasteiger partial charge in [-0.1, -0.05) is 19.6 Å². The molecule has 0 aliphatic carbocycles. The molecule has 2 aromatic heterocycles. The molecule has 0 atom stereocenters. The third-order valence-electron chi connectivity index (χ3n) is 3.44. The summed E-state index contributed by atoms with van der Waals surface area (Å²) in [5.41, 5.74) is 1.69. The summed E-state index contributed by atoms with van der Waals surface area (Å²) in [6.45, 7) is 8.36. The van der Waals surface area contributed by atoms with E-state index >= 15 is 0 Å². The van der Waals surface area contributed by atoms with E-state index in [1.807, 2.05) is 23.0 Å². The van der Waals surface area contributed by atoms with Crippen molar-refractivity contribution in [2.24, 2.45) is 0 Å². The van der Waals surface area contributed by atoms with E-state index < -0.39 is 8.07 Å². The highest BCUT2D eigenvalue weighted by Gasteiger charge is 2.16. The van der Waals surface area contributed by atoms with E-state index in [0.717, 1.165) is 23.8 Å². The Balaban J connectivity index is 2.08. The molecule has 0 fully saturated rings. The van der Waals surface area contributed by atoms with Crippen molar-refractivity contribution in [3.05, 3.63) is 24.8 Å². The number of rotatable bonds is 8. The van der Waals surface area contributed by atoms with Crippen molar-refractivity contribution in [1.82, 2.24) is 14.5 Å². The highest BCUT2D eigenvalue weighted by Crippen LogP contribution is 2.35. The fraction of sp³-hybridized carbons (Fsp3) is 0.500. The molecule has 0 unspecified atom stereocenters. The summed E-state index contributed by atoms with van der Waals surface area (Å²) in [4.78, 5) is 8.29. The van der Waals surface area contributed by atoms with Crippen LogP contribution in [0, 0.1) is 0 Å². The normalized spacial score (nSPS) is 11.5. The first-order valence-electron chi connectivity index (χ1n) is 7.61. The van der Waals surface area contributed by atoms with Crippen molar-refractivity contribution in [3.8, 4) is 22.9 Å². The van der Waals surface area contributed by atoms with Gasteiger partial charge in [0.25, 0.3) is 0 Å². The molecule has 126 valence electrons. The van der Waals surface area contributed by atoms with Gasteiger partial charge in [-0.2, -0.15) is 0 Å². The zero-order valence-corrected chi connectivity index (χ0v) is 15.5. The van der Waals surface area contributed by atoms with E-state index in [9.17, 15) is 0 Å². The molecular weight excluding hydrogens is 310 g/mol. The zero-order valence-electron chi connectivity index (χ0n) is 14.5. The minimum absolute atomic E-state index is 0.495. The third kappa shape index (κ3) is 4.80. The highest BCUT2D eigenvalue weighted by atomic mass is 28.3. The highest BCUT2D eigenvalue weighted by molar-refractivity contribution is 6.76. The Hall–Kier alpha value is -1.86. The maximum Gasteiger partial charge on any atom is 0.228 e. The summed E-state index contributed by atoms with van der Waals surface area (Å²) in [6, 6.07) is 3.14. The van der Waals surface area contributed by atoms with Crippen LogP contribution in [0.25, 0.3) is 11.1 Å². The minimum atomic E-state index is -1.05. The monoisotopic (exact) mass is 335 g/mol. The minimum Gasteiger partial charge on any atom is -0.480 e. The van der Waals surface area contributed by atoms with Crippen LogP contribution in [0.5, 0.6) is 11.8 Å². The molecule has 2 aromatic rings. The number of methoxy groups -OCH3 is 2.